The van der Waals surface area contributed by atoms with Gasteiger partial charge in [-0.2, -0.15) is 0 Å². The van der Waals surface area contributed by atoms with Crippen molar-refractivity contribution in [2.45, 2.75) is 24.3 Å². The molecule has 1 amide bonds. The number of rotatable bonds is 5. The van der Waals surface area contributed by atoms with Crippen molar-refractivity contribution >= 4 is 38.2 Å². The second-order valence-electron chi connectivity index (χ2n) is 6.85. The minimum Gasteiger partial charge on any atom is -0.365 e. The summed E-state index contributed by atoms with van der Waals surface area (Å²) in [4.78, 5) is 22.5. The van der Waals surface area contributed by atoms with Gasteiger partial charge in [0.05, 0.1) is 10.4 Å². The number of hydrogen-bond donors (Lipinski definition) is 1. The number of nitrogens with one attached hydrogen (secondary N) is 1. The molecule has 2 heterocycles. The largest absolute Gasteiger partial charge is 0.365 e. The lowest BCUT2D eigenvalue weighted by atomic mass is 10.1. The standard InChI is InChI=1S/C20H20N4O3S/c1-28(26,27)16-7-8-18-17(11-16)20(23-13-22-18)21-12-14-4-2-5-15(10-14)24-9-3-6-19(24)25/h2,4-5,7-8,10-11,13H,3,6,9,12H2,1H3,(H,21,22,23). The van der Waals surface area contributed by atoms with Crippen LogP contribution in [0.15, 0.2) is 53.7 Å². The molecule has 1 aromatic heterocycles. The van der Waals surface area contributed by atoms with Gasteiger partial charge >= 0.3 is 0 Å². The molecule has 0 saturated carbocycles. The number of sulfone groups is 1. The maximum absolute atomic E-state index is 12.0. The molecule has 0 spiro atoms. The number of nitrogens with zero attached hydrogens (tertiary/aromatic N) is 3. The Labute approximate surface area is 163 Å². The highest BCUT2D eigenvalue weighted by Gasteiger charge is 2.21. The van der Waals surface area contributed by atoms with Crippen molar-refractivity contribution in [3.63, 3.8) is 0 Å². The summed E-state index contributed by atoms with van der Waals surface area (Å²) in [5, 5.41) is 3.91. The fourth-order valence-corrected chi connectivity index (χ4v) is 4.00. The number of carbonyl (C=O) groups excluding carboxylic acids is 1. The Balaban J connectivity index is 1.60. The van der Waals surface area contributed by atoms with E-state index in [1.54, 1.807) is 18.2 Å². The minimum absolute atomic E-state index is 0.153. The van der Waals surface area contributed by atoms with Gasteiger partial charge < -0.3 is 10.2 Å². The molecule has 1 aliphatic rings. The maximum Gasteiger partial charge on any atom is 0.227 e. The average Bonchev–Trinajstić information content (AvgIpc) is 3.11. The van der Waals surface area contributed by atoms with Crippen molar-refractivity contribution in [3.8, 4) is 0 Å². The molecule has 0 unspecified atom stereocenters. The molecule has 8 heteroatoms. The number of fused-ring (bicyclic) bond motifs is 1. The van der Waals surface area contributed by atoms with Gasteiger partial charge in [-0.15, -0.1) is 0 Å². The summed E-state index contributed by atoms with van der Waals surface area (Å²) >= 11 is 0. The number of amides is 1. The molecule has 0 radical (unpaired) electrons. The van der Waals surface area contributed by atoms with Gasteiger partial charge in [-0.1, -0.05) is 12.1 Å². The van der Waals surface area contributed by atoms with Gasteiger partial charge in [0.15, 0.2) is 9.84 Å². The van der Waals surface area contributed by atoms with E-state index in [0.29, 0.717) is 29.7 Å². The monoisotopic (exact) mass is 396 g/mol. The van der Waals surface area contributed by atoms with E-state index in [1.165, 1.54) is 12.6 Å². The Morgan fingerprint density at radius 3 is 2.75 bits per heavy atom. The zero-order chi connectivity index (χ0) is 19.7. The summed E-state index contributed by atoms with van der Waals surface area (Å²) in [6, 6.07) is 12.6. The average molecular weight is 396 g/mol. The van der Waals surface area contributed by atoms with Crippen LogP contribution in [0.1, 0.15) is 18.4 Å². The molecular weight excluding hydrogens is 376 g/mol. The van der Waals surface area contributed by atoms with Crippen molar-refractivity contribution in [2.24, 2.45) is 0 Å². The van der Waals surface area contributed by atoms with E-state index in [-0.39, 0.29) is 10.8 Å². The normalized spacial score (nSPS) is 14.6. The van der Waals surface area contributed by atoms with Crippen molar-refractivity contribution in [1.29, 1.82) is 0 Å². The molecule has 0 aliphatic carbocycles. The Bertz CT molecular complexity index is 1160. The highest BCUT2D eigenvalue weighted by molar-refractivity contribution is 7.90. The first kappa shape index (κ1) is 18.4. The fourth-order valence-electron chi connectivity index (χ4n) is 3.35. The summed E-state index contributed by atoms with van der Waals surface area (Å²) in [5.74, 6) is 0.721. The summed E-state index contributed by atoms with van der Waals surface area (Å²) in [5.41, 5.74) is 2.57. The van der Waals surface area contributed by atoms with Gasteiger partial charge in [0.2, 0.25) is 5.91 Å². The number of benzene rings is 2. The minimum atomic E-state index is -3.32. The van der Waals surface area contributed by atoms with E-state index in [1.807, 2.05) is 29.2 Å². The van der Waals surface area contributed by atoms with Crippen LogP contribution < -0.4 is 10.2 Å². The first-order valence-corrected chi connectivity index (χ1v) is 10.9. The fraction of sp³-hybridized carbons (Fsp3) is 0.250. The molecular formula is C20H20N4O3S. The highest BCUT2D eigenvalue weighted by Crippen LogP contribution is 2.25. The molecule has 28 heavy (non-hydrogen) atoms. The molecule has 1 N–H and O–H groups in total. The van der Waals surface area contributed by atoms with Crippen LogP contribution in [0.25, 0.3) is 10.9 Å². The van der Waals surface area contributed by atoms with Gasteiger partial charge in [0.1, 0.15) is 12.1 Å². The second-order valence-corrected chi connectivity index (χ2v) is 8.86. The molecule has 1 saturated heterocycles. The van der Waals surface area contributed by atoms with Gasteiger partial charge in [-0.05, 0) is 42.3 Å². The first-order valence-electron chi connectivity index (χ1n) is 9.00. The SMILES string of the molecule is CS(=O)(=O)c1ccc2ncnc(NCc3cccc(N4CCCC4=O)c3)c2c1. The highest BCUT2D eigenvalue weighted by atomic mass is 32.2. The van der Waals surface area contributed by atoms with Crippen LogP contribution in [0.4, 0.5) is 11.5 Å². The molecule has 1 fully saturated rings. The van der Waals surface area contributed by atoms with Crippen molar-refractivity contribution in [3.05, 3.63) is 54.4 Å². The van der Waals surface area contributed by atoms with E-state index in [0.717, 1.165) is 24.2 Å². The zero-order valence-electron chi connectivity index (χ0n) is 15.4. The van der Waals surface area contributed by atoms with Crippen molar-refractivity contribution < 1.29 is 13.2 Å². The molecule has 144 valence electrons. The summed E-state index contributed by atoms with van der Waals surface area (Å²) < 4.78 is 23.7. The molecule has 0 atom stereocenters. The Morgan fingerprint density at radius 2 is 2.00 bits per heavy atom. The third-order valence-electron chi connectivity index (χ3n) is 4.79. The number of anilines is 2. The van der Waals surface area contributed by atoms with Crippen LogP contribution in [0, 0.1) is 0 Å². The smallest absolute Gasteiger partial charge is 0.227 e. The summed E-state index contributed by atoms with van der Waals surface area (Å²) in [7, 11) is -3.32. The molecule has 1 aliphatic heterocycles. The van der Waals surface area contributed by atoms with Gasteiger partial charge in [0.25, 0.3) is 0 Å². The molecule has 7 nitrogen and oxygen atoms in total. The summed E-state index contributed by atoms with van der Waals surface area (Å²) in [6.07, 6.45) is 4.11. The predicted molar refractivity (Wildman–Crippen MR) is 108 cm³/mol. The molecule has 4 rings (SSSR count). The van der Waals surface area contributed by atoms with E-state index < -0.39 is 9.84 Å². The maximum atomic E-state index is 12.0. The lowest BCUT2D eigenvalue weighted by Gasteiger charge is -2.17. The quantitative estimate of drug-likeness (QED) is 0.713. The van der Waals surface area contributed by atoms with E-state index in [9.17, 15) is 13.2 Å². The first-order chi connectivity index (χ1) is 13.4. The van der Waals surface area contributed by atoms with Crippen molar-refractivity contribution in [1.82, 2.24) is 9.97 Å². The lowest BCUT2D eigenvalue weighted by molar-refractivity contribution is -0.117. The number of hydrogen-bond acceptors (Lipinski definition) is 6. The van der Waals surface area contributed by atoms with E-state index >= 15 is 0 Å². The topological polar surface area (TPSA) is 92.3 Å². The Morgan fingerprint density at radius 1 is 1.14 bits per heavy atom. The van der Waals surface area contributed by atoms with Crippen LogP contribution in [0.2, 0.25) is 0 Å². The Hall–Kier alpha value is -3.00. The molecule has 3 aromatic rings. The predicted octanol–water partition coefficient (Wildman–Crippen LogP) is 2.77. The van der Waals surface area contributed by atoms with E-state index in [2.05, 4.69) is 15.3 Å². The van der Waals surface area contributed by atoms with Crippen molar-refractivity contribution in [2.75, 3.05) is 23.0 Å². The zero-order valence-corrected chi connectivity index (χ0v) is 16.2. The van der Waals surface area contributed by atoms with Gasteiger partial charge in [-0.3, -0.25) is 4.79 Å². The lowest BCUT2D eigenvalue weighted by Crippen LogP contribution is -2.23. The van der Waals surface area contributed by atoms with Gasteiger partial charge in [0, 0.05) is 36.8 Å². The number of aromatic nitrogens is 2. The summed E-state index contributed by atoms with van der Waals surface area (Å²) in [6.45, 7) is 1.24. The van der Waals surface area contributed by atoms with Crippen LogP contribution in [0.5, 0.6) is 0 Å². The third kappa shape index (κ3) is 3.68. The third-order valence-corrected chi connectivity index (χ3v) is 5.90. The Kier molecular flexibility index (Phi) is 4.72. The van der Waals surface area contributed by atoms with E-state index in [4.69, 9.17) is 0 Å². The van der Waals surface area contributed by atoms with Crippen LogP contribution >= 0.6 is 0 Å². The molecule has 2 aromatic carbocycles. The number of carbonyl (C=O) groups is 1. The van der Waals surface area contributed by atoms with Crippen LogP contribution in [-0.2, 0) is 21.2 Å². The van der Waals surface area contributed by atoms with Crippen LogP contribution in [0.3, 0.4) is 0 Å². The van der Waals surface area contributed by atoms with Gasteiger partial charge in [-0.25, -0.2) is 18.4 Å². The second kappa shape index (κ2) is 7.20. The van der Waals surface area contributed by atoms with Crippen LogP contribution in [-0.4, -0.2) is 37.1 Å². The molecule has 0 bridgehead atoms.